The van der Waals surface area contributed by atoms with E-state index in [9.17, 15) is 14.0 Å². The number of carbonyl (C=O) groups is 2. The van der Waals surface area contributed by atoms with Crippen LogP contribution in [0.2, 0.25) is 0 Å². The van der Waals surface area contributed by atoms with Crippen molar-refractivity contribution in [2.45, 2.75) is 13.5 Å². The minimum atomic E-state index is -0.485. The van der Waals surface area contributed by atoms with Crippen molar-refractivity contribution in [3.05, 3.63) is 71.8 Å². The average Bonchev–Trinajstić information content (AvgIpc) is 3.10. The van der Waals surface area contributed by atoms with Crippen molar-refractivity contribution >= 4 is 23.2 Å². The monoisotopic (exact) mass is 382 g/mol. The Balaban J connectivity index is 1.59. The number of amides is 2. The van der Waals surface area contributed by atoms with Gasteiger partial charge in [-0.3, -0.25) is 14.3 Å². The lowest BCUT2D eigenvalue weighted by molar-refractivity contribution is -0.116. The molecule has 0 aliphatic rings. The normalized spacial score (nSPS) is 10.4. The van der Waals surface area contributed by atoms with Crippen molar-refractivity contribution < 1.29 is 18.7 Å². The van der Waals surface area contributed by atoms with Gasteiger partial charge < -0.3 is 15.4 Å². The summed E-state index contributed by atoms with van der Waals surface area (Å²) in [6.07, 6.45) is 2.95. The van der Waals surface area contributed by atoms with Gasteiger partial charge in [-0.15, -0.1) is 0 Å². The lowest BCUT2D eigenvalue weighted by atomic mass is 10.1. The maximum atomic E-state index is 13.4. The topological polar surface area (TPSA) is 85.2 Å². The molecule has 7 nitrogen and oxygen atoms in total. The van der Waals surface area contributed by atoms with Crippen LogP contribution in [0.5, 0.6) is 5.75 Å². The number of nitrogens with zero attached hydrogens (tertiary/aromatic N) is 2. The van der Waals surface area contributed by atoms with Gasteiger partial charge in [-0.2, -0.15) is 5.10 Å². The zero-order chi connectivity index (χ0) is 20.1. The molecule has 0 spiro atoms. The van der Waals surface area contributed by atoms with Crippen molar-refractivity contribution in [3.8, 4) is 5.75 Å². The summed E-state index contributed by atoms with van der Waals surface area (Å²) in [7, 11) is 1.57. The van der Waals surface area contributed by atoms with Crippen molar-refractivity contribution in [2.75, 3.05) is 17.7 Å². The van der Waals surface area contributed by atoms with Crippen LogP contribution < -0.4 is 15.4 Å². The van der Waals surface area contributed by atoms with Gasteiger partial charge in [0.15, 0.2) is 0 Å². The molecule has 2 N–H and O–H groups in total. The highest BCUT2D eigenvalue weighted by molar-refractivity contribution is 6.05. The number of hydrogen-bond donors (Lipinski definition) is 2. The quantitative estimate of drug-likeness (QED) is 0.685. The number of rotatable bonds is 6. The van der Waals surface area contributed by atoms with Gasteiger partial charge in [0, 0.05) is 17.4 Å². The van der Waals surface area contributed by atoms with Gasteiger partial charge >= 0.3 is 0 Å². The smallest absolute Gasteiger partial charge is 0.256 e. The molecule has 2 aromatic carbocycles. The number of ether oxygens (including phenoxy) is 1. The van der Waals surface area contributed by atoms with E-state index < -0.39 is 11.7 Å². The maximum absolute atomic E-state index is 13.4. The first-order valence-electron chi connectivity index (χ1n) is 8.48. The van der Waals surface area contributed by atoms with Gasteiger partial charge in [0.1, 0.15) is 18.1 Å². The minimum absolute atomic E-state index is 0.0269. The first kappa shape index (κ1) is 19.1. The van der Waals surface area contributed by atoms with E-state index in [4.69, 9.17) is 4.74 Å². The molecule has 2 amide bonds. The van der Waals surface area contributed by atoms with E-state index in [1.807, 2.05) is 0 Å². The summed E-state index contributed by atoms with van der Waals surface area (Å²) in [5.41, 5.74) is 1.94. The first-order valence-corrected chi connectivity index (χ1v) is 8.48. The molecule has 0 saturated carbocycles. The van der Waals surface area contributed by atoms with Crippen LogP contribution in [0.3, 0.4) is 0 Å². The molecule has 3 rings (SSSR count). The molecule has 28 heavy (non-hydrogen) atoms. The average molecular weight is 382 g/mol. The van der Waals surface area contributed by atoms with Crippen LogP contribution in [0.1, 0.15) is 15.9 Å². The molecule has 0 bridgehead atoms. The second kappa shape index (κ2) is 8.34. The van der Waals surface area contributed by atoms with Crippen LogP contribution in [0.4, 0.5) is 15.8 Å². The molecular formula is C20H19FN4O3. The van der Waals surface area contributed by atoms with E-state index >= 15 is 0 Å². The highest BCUT2D eigenvalue weighted by atomic mass is 19.1. The first-order chi connectivity index (χ1) is 13.4. The van der Waals surface area contributed by atoms with E-state index in [0.717, 1.165) is 0 Å². The molecule has 1 heterocycles. The largest absolute Gasteiger partial charge is 0.497 e. The zero-order valence-corrected chi connectivity index (χ0v) is 15.4. The predicted octanol–water partition coefficient (Wildman–Crippen LogP) is 3.23. The zero-order valence-electron chi connectivity index (χ0n) is 15.4. The maximum Gasteiger partial charge on any atom is 0.256 e. The van der Waals surface area contributed by atoms with Gasteiger partial charge in [-0.1, -0.05) is 6.07 Å². The SMILES string of the molecule is COc1ccc(NC(=O)Cn2cc(NC(=O)c3cc(F)ccc3C)cn2)cc1. The third kappa shape index (κ3) is 4.73. The molecule has 0 saturated heterocycles. The molecule has 0 radical (unpaired) electrons. The predicted molar refractivity (Wildman–Crippen MR) is 103 cm³/mol. The molecule has 144 valence electrons. The minimum Gasteiger partial charge on any atom is -0.497 e. The molecule has 3 aromatic rings. The summed E-state index contributed by atoms with van der Waals surface area (Å²) in [5, 5.41) is 9.45. The highest BCUT2D eigenvalue weighted by Crippen LogP contribution is 2.16. The van der Waals surface area contributed by atoms with Crippen LogP contribution >= 0.6 is 0 Å². The van der Waals surface area contributed by atoms with Crippen molar-refractivity contribution in [1.29, 1.82) is 0 Å². The van der Waals surface area contributed by atoms with Gasteiger partial charge in [-0.25, -0.2) is 4.39 Å². The Labute approximate surface area is 161 Å². The Kier molecular flexibility index (Phi) is 5.69. The summed E-state index contributed by atoms with van der Waals surface area (Å²) in [6, 6.07) is 11.0. The van der Waals surface area contributed by atoms with Crippen LogP contribution in [-0.2, 0) is 11.3 Å². The number of aryl methyl sites for hydroxylation is 1. The van der Waals surface area contributed by atoms with Gasteiger partial charge in [0.25, 0.3) is 5.91 Å². The molecule has 0 unspecified atom stereocenters. The van der Waals surface area contributed by atoms with Crippen molar-refractivity contribution in [1.82, 2.24) is 9.78 Å². The molecular weight excluding hydrogens is 363 g/mol. The number of methoxy groups -OCH3 is 1. The Morgan fingerprint density at radius 1 is 1.11 bits per heavy atom. The fourth-order valence-corrected chi connectivity index (χ4v) is 2.57. The number of nitrogens with one attached hydrogen (secondary N) is 2. The fourth-order valence-electron chi connectivity index (χ4n) is 2.57. The van der Waals surface area contributed by atoms with Crippen molar-refractivity contribution in [3.63, 3.8) is 0 Å². The third-order valence-electron chi connectivity index (χ3n) is 4.01. The summed E-state index contributed by atoms with van der Waals surface area (Å²) >= 11 is 0. The Morgan fingerprint density at radius 2 is 1.86 bits per heavy atom. The summed E-state index contributed by atoms with van der Waals surface area (Å²) in [4.78, 5) is 24.4. The van der Waals surface area contributed by atoms with Gasteiger partial charge in [0.05, 0.1) is 19.0 Å². The van der Waals surface area contributed by atoms with E-state index in [1.165, 1.54) is 35.3 Å². The second-order valence-corrected chi connectivity index (χ2v) is 6.12. The summed E-state index contributed by atoms with van der Waals surface area (Å²) in [6.45, 7) is 1.70. The molecule has 0 aliphatic carbocycles. The fraction of sp³-hybridized carbons (Fsp3) is 0.150. The van der Waals surface area contributed by atoms with Crippen LogP contribution in [-0.4, -0.2) is 28.7 Å². The second-order valence-electron chi connectivity index (χ2n) is 6.12. The van der Waals surface area contributed by atoms with E-state index in [1.54, 1.807) is 38.3 Å². The third-order valence-corrected chi connectivity index (χ3v) is 4.01. The van der Waals surface area contributed by atoms with Crippen molar-refractivity contribution in [2.24, 2.45) is 0 Å². The molecule has 0 fully saturated rings. The van der Waals surface area contributed by atoms with E-state index in [0.29, 0.717) is 22.7 Å². The van der Waals surface area contributed by atoms with Gasteiger partial charge in [-0.05, 0) is 48.9 Å². The number of aromatic nitrogens is 2. The Hall–Kier alpha value is -3.68. The number of carbonyl (C=O) groups excluding carboxylic acids is 2. The highest BCUT2D eigenvalue weighted by Gasteiger charge is 2.12. The van der Waals surface area contributed by atoms with Crippen LogP contribution in [0.15, 0.2) is 54.9 Å². The number of anilines is 2. The van der Waals surface area contributed by atoms with E-state index in [2.05, 4.69) is 15.7 Å². The number of benzene rings is 2. The lowest BCUT2D eigenvalue weighted by Gasteiger charge is -2.07. The van der Waals surface area contributed by atoms with Crippen LogP contribution in [0, 0.1) is 12.7 Å². The molecule has 8 heteroatoms. The molecule has 0 aliphatic heterocycles. The molecule has 1 aromatic heterocycles. The lowest BCUT2D eigenvalue weighted by Crippen LogP contribution is -2.19. The summed E-state index contributed by atoms with van der Waals surface area (Å²) < 4.78 is 19.8. The van der Waals surface area contributed by atoms with Crippen LogP contribution in [0.25, 0.3) is 0 Å². The molecule has 0 atom stereocenters. The Morgan fingerprint density at radius 3 is 2.57 bits per heavy atom. The Bertz CT molecular complexity index is 999. The number of halogens is 1. The summed E-state index contributed by atoms with van der Waals surface area (Å²) in [5.74, 6) is -0.507. The standard InChI is InChI=1S/C20H19FN4O3/c1-13-3-4-14(21)9-18(13)20(27)24-16-10-22-25(11-16)12-19(26)23-15-5-7-17(28-2)8-6-15/h3-11H,12H2,1-2H3,(H,23,26)(H,24,27). The number of hydrogen-bond acceptors (Lipinski definition) is 4. The van der Waals surface area contributed by atoms with Gasteiger partial charge in [0.2, 0.25) is 5.91 Å². The van der Waals surface area contributed by atoms with E-state index in [-0.39, 0.29) is 18.0 Å².